The van der Waals surface area contributed by atoms with Gasteiger partial charge in [0, 0.05) is 24.2 Å². The lowest BCUT2D eigenvalue weighted by molar-refractivity contribution is -0.0378. The average Bonchev–Trinajstić information content (AvgIpc) is 2.60. The summed E-state index contributed by atoms with van der Waals surface area (Å²) in [6.45, 7) is 3.55. The second kappa shape index (κ2) is 7.55. The van der Waals surface area contributed by atoms with Crippen molar-refractivity contribution < 1.29 is 4.79 Å². The van der Waals surface area contributed by atoms with Crippen LogP contribution in [0, 0.1) is 17.8 Å². The SMILES string of the molecule is O=C(NC1CCNCC1)N(Cc1ccc(Cl)cc1)CC1CC2CC[C@@H]21. The number of carbonyl (C=O) groups is 1. The summed E-state index contributed by atoms with van der Waals surface area (Å²) >= 11 is 6.00. The number of rotatable bonds is 5. The zero-order valence-corrected chi connectivity index (χ0v) is 15.5. The van der Waals surface area contributed by atoms with Crippen LogP contribution in [0.4, 0.5) is 4.79 Å². The standard InChI is InChI=1S/C20H28ClN3O/c21-17-4-1-14(2-5-17)12-24(13-16-11-15-3-6-19(15)16)20(25)23-18-7-9-22-10-8-18/h1-2,4-5,15-16,18-19,22H,3,6-13H2,(H,23,25)/t15?,16?,19-/m0/s1. The topological polar surface area (TPSA) is 44.4 Å². The van der Waals surface area contributed by atoms with E-state index in [0.29, 0.717) is 18.5 Å². The lowest BCUT2D eigenvalue weighted by atomic mass is 9.53. The van der Waals surface area contributed by atoms with Crippen LogP contribution >= 0.6 is 11.6 Å². The molecule has 2 unspecified atom stereocenters. The maximum absolute atomic E-state index is 12.9. The van der Waals surface area contributed by atoms with Crippen molar-refractivity contribution in [3.05, 3.63) is 34.9 Å². The van der Waals surface area contributed by atoms with Gasteiger partial charge in [-0.15, -0.1) is 0 Å². The van der Waals surface area contributed by atoms with Gasteiger partial charge in [0.1, 0.15) is 0 Å². The zero-order chi connectivity index (χ0) is 17.2. The van der Waals surface area contributed by atoms with Crippen LogP contribution in [0.15, 0.2) is 24.3 Å². The van der Waals surface area contributed by atoms with Gasteiger partial charge in [-0.2, -0.15) is 0 Å². The molecule has 5 heteroatoms. The minimum atomic E-state index is 0.102. The molecule has 0 bridgehead atoms. The van der Waals surface area contributed by atoms with Crippen LogP contribution in [0.25, 0.3) is 0 Å². The van der Waals surface area contributed by atoms with Gasteiger partial charge >= 0.3 is 6.03 Å². The molecule has 3 aliphatic rings. The maximum atomic E-state index is 12.9. The van der Waals surface area contributed by atoms with E-state index in [2.05, 4.69) is 10.6 Å². The predicted octanol–water partition coefficient (Wildman–Crippen LogP) is 3.65. The molecule has 1 aromatic carbocycles. The van der Waals surface area contributed by atoms with Crippen molar-refractivity contribution in [3.63, 3.8) is 0 Å². The molecule has 2 aliphatic carbocycles. The maximum Gasteiger partial charge on any atom is 0.317 e. The van der Waals surface area contributed by atoms with Gasteiger partial charge in [-0.1, -0.05) is 23.7 Å². The number of halogens is 1. The van der Waals surface area contributed by atoms with Crippen LogP contribution in [0.5, 0.6) is 0 Å². The summed E-state index contributed by atoms with van der Waals surface area (Å²) in [5.41, 5.74) is 1.15. The van der Waals surface area contributed by atoms with Gasteiger partial charge in [0.25, 0.3) is 0 Å². The lowest BCUT2D eigenvalue weighted by Gasteiger charge is -2.54. The molecule has 4 rings (SSSR count). The molecule has 2 saturated carbocycles. The number of nitrogens with zero attached hydrogens (tertiary/aromatic N) is 1. The Morgan fingerprint density at radius 2 is 1.92 bits per heavy atom. The van der Waals surface area contributed by atoms with Crippen LogP contribution < -0.4 is 10.6 Å². The summed E-state index contributed by atoms with van der Waals surface area (Å²) in [6, 6.07) is 8.28. The molecule has 25 heavy (non-hydrogen) atoms. The molecule has 2 amide bonds. The molecule has 4 nitrogen and oxygen atoms in total. The molecular weight excluding hydrogens is 334 g/mol. The van der Waals surface area contributed by atoms with Gasteiger partial charge in [0.05, 0.1) is 0 Å². The fourth-order valence-electron chi connectivity index (χ4n) is 4.63. The van der Waals surface area contributed by atoms with Crippen molar-refractivity contribution >= 4 is 17.6 Å². The molecule has 1 aromatic rings. The smallest absolute Gasteiger partial charge is 0.317 e. The molecule has 0 spiro atoms. The van der Waals surface area contributed by atoms with E-state index in [0.717, 1.165) is 54.9 Å². The summed E-state index contributed by atoms with van der Waals surface area (Å²) < 4.78 is 0. The van der Waals surface area contributed by atoms with Crippen molar-refractivity contribution in [2.45, 2.75) is 44.7 Å². The number of nitrogens with one attached hydrogen (secondary N) is 2. The normalized spacial score (nSPS) is 28.4. The molecule has 1 aliphatic heterocycles. The Hall–Kier alpha value is -1.26. The Kier molecular flexibility index (Phi) is 5.18. The fraction of sp³-hybridized carbons (Fsp3) is 0.650. The van der Waals surface area contributed by atoms with Crippen molar-refractivity contribution in [1.82, 2.24) is 15.5 Å². The molecule has 3 atom stereocenters. The average molecular weight is 362 g/mol. The van der Waals surface area contributed by atoms with E-state index >= 15 is 0 Å². The van der Waals surface area contributed by atoms with Crippen LogP contribution in [0.2, 0.25) is 5.02 Å². The molecule has 136 valence electrons. The van der Waals surface area contributed by atoms with Crippen molar-refractivity contribution in [2.75, 3.05) is 19.6 Å². The molecular formula is C20H28ClN3O. The van der Waals surface area contributed by atoms with Gasteiger partial charge in [-0.25, -0.2) is 4.79 Å². The van der Waals surface area contributed by atoms with Crippen LogP contribution in [-0.4, -0.2) is 36.6 Å². The molecule has 0 aromatic heterocycles. The Labute approximate surface area is 155 Å². The first kappa shape index (κ1) is 17.2. The second-order valence-electron chi connectivity index (χ2n) is 7.98. The van der Waals surface area contributed by atoms with Gasteiger partial charge in [-0.3, -0.25) is 0 Å². The largest absolute Gasteiger partial charge is 0.335 e. The van der Waals surface area contributed by atoms with E-state index in [-0.39, 0.29) is 6.03 Å². The number of benzene rings is 1. The zero-order valence-electron chi connectivity index (χ0n) is 14.7. The molecule has 1 heterocycles. The molecule has 0 radical (unpaired) electrons. The summed E-state index contributed by atoms with van der Waals surface area (Å²) in [6.07, 6.45) is 6.12. The summed E-state index contributed by atoms with van der Waals surface area (Å²) in [4.78, 5) is 15.0. The second-order valence-corrected chi connectivity index (χ2v) is 8.41. The number of fused-ring (bicyclic) bond motifs is 1. The Morgan fingerprint density at radius 1 is 1.16 bits per heavy atom. The third-order valence-electron chi connectivity index (χ3n) is 6.38. The monoisotopic (exact) mass is 361 g/mol. The van der Waals surface area contributed by atoms with Gasteiger partial charge in [-0.05, 0) is 80.6 Å². The number of hydrogen-bond acceptors (Lipinski definition) is 2. The minimum Gasteiger partial charge on any atom is -0.335 e. The Morgan fingerprint density at radius 3 is 2.52 bits per heavy atom. The van der Waals surface area contributed by atoms with E-state index in [1.165, 1.54) is 19.3 Å². The highest BCUT2D eigenvalue weighted by molar-refractivity contribution is 6.30. The molecule has 1 saturated heterocycles. The first-order valence-electron chi connectivity index (χ1n) is 9.69. The van der Waals surface area contributed by atoms with E-state index in [4.69, 9.17) is 11.6 Å². The van der Waals surface area contributed by atoms with E-state index in [1.54, 1.807) is 0 Å². The van der Waals surface area contributed by atoms with Gasteiger partial charge in [0.15, 0.2) is 0 Å². The van der Waals surface area contributed by atoms with Crippen molar-refractivity contribution in [2.24, 2.45) is 17.8 Å². The predicted molar refractivity (Wildman–Crippen MR) is 101 cm³/mol. The van der Waals surface area contributed by atoms with Gasteiger partial charge < -0.3 is 15.5 Å². The highest BCUT2D eigenvalue weighted by Gasteiger charge is 2.47. The quantitative estimate of drug-likeness (QED) is 0.840. The number of carbonyl (C=O) groups excluding carboxylic acids is 1. The van der Waals surface area contributed by atoms with E-state index in [9.17, 15) is 4.79 Å². The van der Waals surface area contributed by atoms with Crippen LogP contribution in [-0.2, 0) is 6.54 Å². The van der Waals surface area contributed by atoms with Crippen LogP contribution in [0.1, 0.15) is 37.7 Å². The Balaban J connectivity index is 1.40. The van der Waals surface area contributed by atoms with E-state index in [1.807, 2.05) is 29.2 Å². The molecule has 2 N–H and O–H groups in total. The van der Waals surface area contributed by atoms with Crippen molar-refractivity contribution in [3.8, 4) is 0 Å². The van der Waals surface area contributed by atoms with E-state index < -0.39 is 0 Å². The minimum absolute atomic E-state index is 0.102. The number of hydrogen-bond donors (Lipinski definition) is 2. The van der Waals surface area contributed by atoms with Gasteiger partial charge in [0.2, 0.25) is 0 Å². The van der Waals surface area contributed by atoms with Crippen molar-refractivity contribution in [1.29, 1.82) is 0 Å². The first-order chi connectivity index (χ1) is 12.2. The number of piperidine rings is 1. The third-order valence-corrected chi connectivity index (χ3v) is 6.63. The summed E-state index contributed by atoms with van der Waals surface area (Å²) in [5, 5.41) is 7.36. The molecule has 3 fully saturated rings. The highest BCUT2D eigenvalue weighted by Crippen LogP contribution is 2.54. The van der Waals surface area contributed by atoms with Crippen LogP contribution in [0.3, 0.4) is 0 Å². The number of amides is 2. The highest BCUT2D eigenvalue weighted by atomic mass is 35.5. The first-order valence-corrected chi connectivity index (χ1v) is 10.1. The lowest BCUT2D eigenvalue weighted by Crippen LogP contribution is -2.53. The summed E-state index contributed by atoms with van der Waals surface area (Å²) in [5.74, 6) is 2.53. The summed E-state index contributed by atoms with van der Waals surface area (Å²) in [7, 11) is 0. The third kappa shape index (κ3) is 3.95. The fourth-order valence-corrected chi connectivity index (χ4v) is 4.76. The number of urea groups is 1. The Bertz CT molecular complexity index is 599.